The van der Waals surface area contributed by atoms with Crippen LogP contribution in [0.5, 0.6) is 0 Å². The molecule has 0 spiro atoms. The van der Waals surface area contributed by atoms with E-state index in [0.29, 0.717) is 18.8 Å². The van der Waals surface area contributed by atoms with Crippen LogP contribution in [-0.2, 0) is 17.6 Å². The molecule has 1 aromatic carbocycles. The van der Waals surface area contributed by atoms with Crippen LogP contribution < -0.4 is 5.32 Å². The smallest absolute Gasteiger partial charge is 0.220 e. The van der Waals surface area contributed by atoms with E-state index in [1.165, 1.54) is 5.56 Å². The number of aryl methyl sites for hydroxylation is 1. The van der Waals surface area contributed by atoms with Gasteiger partial charge in [-0.05, 0) is 48.8 Å². The summed E-state index contributed by atoms with van der Waals surface area (Å²) < 4.78 is 0. The second-order valence-corrected chi connectivity index (χ2v) is 6.61. The number of nitrogens with zero attached hydrogens (tertiary/aromatic N) is 1. The highest BCUT2D eigenvalue weighted by molar-refractivity contribution is 5.76. The van der Waals surface area contributed by atoms with Crippen molar-refractivity contribution in [2.24, 2.45) is 5.92 Å². The van der Waals surface area contributed by atoms with Gasteiger partial charge in [0.15, 0.2) is 0 Å². The van der Waals surface area contributed by atoms with Crippen LogP contribution in [-0.4, -0.2) is 28.1 Å². The van der Waals surface area contributed by atoms with E-state index < -0.39 is 0 Å². The second-order valence-electron chi connectivity index (χ2n) is 6.61. The molecule has 4 nitrogen and oxygen atoms in total. The lowest BCUT2D eigenvalue weighted by Crippen LogP contribution is -2.48. The largest absolute Gasteiger partial charge is 0.393 e. The van der Waals surface area contributed by atoms with E-state index in [1.807, 2.05) is 30.3 Å². The summed E-state index contributed by atoms with van der Waals surface area (Å²) in [4.78, 5) is 16.4. The number of hydrogen-bond donors (Lipinski definition) is 2. The quantitative estimate of drug-likeness (QED) is 0.822. The lowest BCUT2D eigenvalue weighted by Gasteiger charge is -2.38. The normalized spacial score (nSPS) is 20.9. The standard InChI is InChI=1S/C20H24N2O2/c23-18-12-17(13-18)19(11-15-5-2-1-3-6-15)22-20(24)9-8-16-7-4-10-21-14-16/h1-7,10,14,17-19,23H,8-9,11-13H2,(H,22,24)/t17?,18?,19-/m0/s1. The van der Waals surface area contributed by atoms with E-state index in [9.17, 15) is 9.90 Å². The van der Waals surface area contributed by atoms with Gasteiger partial charge in [0.05, 0.1) is 6.10 Å². The first-order chi connectivity index (χ1) is 11.7. The molecule has 1 amide bonds. The molecule has 4 heteroatoms. The number of rotatable bonds is 7. The van der Waals surface area contributed by atoms with E-state index in [4.69, 9.17) is 0 Å². The van der Waals surface area contributed by atoms with Gasteiger partial charge >= 0.3 is 0 Å². The van der Waals surface area contributed by atoms with Crippen LogP contribution in [0.1, 0.15) is 30.4 Å². The molecule has 1 aromatic heterocycles. The average molecular weight is 324 g/mol. The molecule has 1 atom stereocenters. The molecule has 1 fully saturated rings. The molecule has 2 aromatic rings. The number of carbonyl (C=O) groups is 1. The number of carbonyl (C=O) groups excluding carboxylic acids is 1. The Kier molecular flexibility index (Phi) is 5.59. The fraction of sp³-hybridized carbons (Fsp3) is 0.400. The minimum absolute atomic E-state index is 0.0705. The Hall–Kier alpha value is -2.20. The topological polar surface area (TPSA) is 62.2 Å². The van der Waals surface area contributed by atoms with Crippen LogP contribution in [0.4, 0.5) is 0 Å². The minimum atomic E-state index is -0.208. The van der Waals surface area contributed by atoms with E-state index in [1.54, 1.807) is 12.4 Å². The molecule has 0 saturated heterocycles. The van der Waals surface area contributed by atoms with Crippen molar-refractivity contribution in [2.45, 2.75) is 44.2 Å². The molecule has 0 aliphatic heterocycles. The summed E-state index contributed by atoms with van der Waals surface area (Å²) in [6.07, 6.45) is 6.87. The van der Waals surface area contributed by atoms with E-state index >= 15 is 0 Å². The molecule has 1 aliphatic rings. The van der Waals surface area contributed by atoms with Crippen LogP contribution in [0.15, 0.2) is 54.9 Å². The lowest BCUT2D eigenvalue weighted by atomic mass is 9.75. The van der Waals surface area contributed by atoms with Crippen LogP contribution in [0.2, 0.25) is 0 Å². The fourth-order valence-corrected chi connectivity index (χ4v) is 3.24. The van der Waals surface area contributed by atoms with Crippen molar-refractivity contribution in [2.75, 3.05) is 0 Å². The summed E-state index contributed by atoms with van der Waals surface area (Å²) in [5, 5.41) is 12.8. The zero-order chi connectivity index (χ0) is 16.8. The highest BCUT2D eigenvalue weighted by Gasteiger charge is 2.34. The van der Waals surface area contributed by atoms with Gasteiger partial charge in [-0.25, -0.2) is 0 Å². The van der Waals surface area contributed by atoms with Crippen LogP contribution in [0, 0.1) is 5.92 Å². The third-order valence-electron chi connectivity index (χ3n) is 4.73. The number of pyridine rings is 1. The molecule has 0 unspecified atom stereocenters. The van der Waals surface area contributed by atoms with E-state index in [2.05, 4.69) is 22.4 Å². The highest BCUT2D eigenvalue weighted by atomic mass is 16.3. The first-order valence-corrected chi connectivity index (χ1v) is 8.61. The number of aliphatic hydroxyl groups is 1. The Morgan fingerprint density at radius 1 is 1.17 bits per heavy atom. The van der Waals surface area contributed by atoms with Crippen molar-refractivity contribution in [3.63, 3.8) is 0 Å². The third kappa shape index (κ3) is 4.65. The molecule has 2 N–H and O–H groups in total. The molecular weight excluding hydrogens is 300 g/mol. The van der Waals surface area contributed by atoms with Gasteiger partial charge in [-0.1, -0.05) is 36.4 Å². The third-order valence-corrected chi connectivity index (χ3v) is 4.73. The molecule has 1 aliphatic carbocycles. The van der Waals surface area contributed by atoms with Crippen LogP contribution in [0.3, 0.4) is 0 Å². The van der Waals surface area contributed by atoms with E-state index in [-0.39, 0.29) is 18.1 Å². The van der Waals surface area contributed by atoms with E-state index in [0.717, 1.165) is 24.8 Å². The monoisotopic (exact) mass is 324 g/mol. The number of aliphatic hydroxyl groups excluding tert-OH is 1. The number of hydrogen-bond acceptors (Lipinski definition) is 3. The first-order valence-electron chi connectivity index (χ1n) is 8.61. The first kappa shape index (κ1) is 16.7. The maximum atomic E-state index is 12.3. The summed E-state index contributed by atoms with van der Waals surface area (Å²) in [7, 11) is 0. The van der Waals surface area contributed by atoms with Gasteiger partial charge in [0, 0.05) is 24.9 Å². The molecule has 24 heavy (non-hydrogen) atoms. The maximum absolute atomic E-state index is 12.3. The molecule has 126 valence electrons. The molecule has 3 rings (SSSR count). The van der Waals surface area contributed by atoms with Gasteiger partial charge in [-0.15, -0.1) is 0 Å². The van der Waals surface area contributed by atoms with Crippen molar-refractivity contribution >= 4 is 5.91 Å². The molecule has 0 radical (unpaired) electrons. The van der Waals surface area contributed by atoms with Gasteiger partial charge in [-0.2, -0.15) is 0 Å². The Bertz CT molecular complexity index is 639. The number of amides is 1. The molecule has 0 bridgehead atoms. The zero-order valence-electron chi connectivity index (χ0n) is 13.8. The lowest BCUT2D eigenvalue weighted by molar-refractivity contribution is -0.122. The van der Waals surface area contributed by atoms with Crippen molar-refractivity contribution < 1.29 is 9.90 Å². The molecule has 1 saturated carbocycles. The summed E-state index contributed by atoms with van der Waals surface area (Å²) >= 11 is 0. The Balaban J connectivity index is 1.55. The summed E-state index contributed by atoms with van der Waals surface area (Å²) in [6.45, 7) is 0. The van der Waals surface area contributed by atoms with Gasteiger partial charge in [-0.3, -0.25) is 9.78 Å². The van der Waals surface area contributed by atoms with Crippen molar-refractivity contribution in [3.05, 3.63) is 66.0 Å². The van der Waals surface area contributed by atoms with Crippen LogP contribution >= 0.6 is 0 Å². The Morgan fingerprint density at radius 3 is 2.58 bits per heavy atom. The predicted molar refractivity (Wildman–Crippen MR) is 93.4 cm³/mol. The summed E-state index contributed by atoms with van der Waals surface area (Å²) in [5.74, 6) is 0.434. The SMILES string of the molecule is O=C(CCc1cccnc1)N[C@@H](Cc1ccccc1)C1CC(O)C1. The predicted octanol–water partition coefficient (Wildman–Crippen LogP) is 2.51. The summed E-state index contributed by atoms with van der Waals surface area (Å²) in [5.41, 5.74) is 2.29. The maximum Gasteiger partial charge on any atom is 0.220 e. The van der Waals surface area contributed by atoms with Gasteiger partial charge < -0.3 is 10.4 Å². The van der Waals surface area contributed by atoms with Crippen molar-refractivity contribution in [3.8, 4) is 0 Å². The highest BCUT2D eigenvalue weighted by Crippen LogP contribution is 2.31. The Labute approximate surface area is 142 Å². The molecule has 1 heterocycles. The van der Waals surface area contributed by atoms with Crippen molar-refractivity contribution in [1.29, 1.82) is 0 Å². The number of aromatic nitrogens is 1. The van der Waals surface area contributed by atoms with Gasteiger partial charge in [0.1, 0.15) is 0 Å². The average Bonchev–Trinajstić information content (AvgIpc) is 2.58. The number of benzene rings is 1. The summed E-state index contributed by atoms with van der Waals surface area (Å²) in [6, 6.07) is 14.2. The molecular formula is C20H24N2O2. The minimum Gasteiger partial charge on any atom is -0.393 e. The Morgan fingerprint density at radius 2 is 1.92 bits per heavy atom. The zero-order valence-corrected chi connectivity index (χ0v) is 13.8. The van der Waals surface area contributed by atoms with Crippen molar-refractivity contribution in [1.82, 2.24) is 10.3 Å². The second kappa shape index (κ2) is 8.06. The number of nitrogens with one attached hydrogen (secondary N) is 1. The fourth-order valence-electron chi connectivity index (χ4n) is 3.24. The van der Waals surface area contributed by atoms with Gasteiger partial charge in [0.25, 0.3) is 0 Å². The van der Waals surface area contributed by atoms with Gasteiger partial charge in [0.2, 0.25) is 5.91 Å². The van der Waals surface area contributed by atoms with Crippen LogP contribution in [0.25, 0.3) is 0 Å².